The zero-order chi connectivity index (χ0) is 12.4. The average Bonchev–Trinajstić information content (AvgIpc) is 2.81. The third-order valence-electron chi connectivity index (χ3n) is 2.09. The van der Waals surface area contributed by atoms with Gasteiger partial charge in [-0.05, 0) is 6.07 Å². The molecule has 1 aromatic heterocycles. The lowest BCUT2D eigenvalue weighted by molar-refractivity contribution is -0.384. The van der Waals surface area contributed by atoms with Gasteiger partial charge in [0.1, 0.15) is 5.69 Å². The van der Waals surface area contributed by atoms with Crippen LogP contribution in [0.2, 0.25) is 0 Å². The maximum absolute atomic E-state index is 10.8. The standard InChI is InChI=1S/C9H6N4O4/c14-9(15)6-1-5(8-4-10-12-11-8)2-7(3-6)13(16)17/h1-4H,(H,14,15)(H,10,11,12). The molecule has 2 aromatic rings. The normalized spacial score (nSPS) is 10.1. The number of nitrogens with zero attached hydrogens (tertiary/aromatic N) is 3. The van der Waals surface area contributed by atoms with Crippen molar-refractivity contribution >= 4 is 11.7 Å². The van der Waals surface area contributed by atoms with Gasteiger partial charge in [0, 0.05) is 17.7 Å². The fraction of sp³-hybridized carbons (Fsp3) is 0. The number of H-pyrrole nitrogens is 1. The number of nitro benzene ring substituents is 1. The fourth-order valence-electron chi connectivity index (χ4n) is 1.33. The van der Waals surface area contributed by atoms with Crippen LogP contribution in [-0.2, 0) is 0 Å². The molecule has 2 rings (SSSR count). The molecule has 8 heteroatoms. The molecule has 0 saturated heterocycles. The predicted octanol–water partition coefficient (Wildman–Crippen LogP) is 1.08. The Morgan fingerprint density at radius 2 is 2.18 bits per heavy atom. The monoisotopic (exact) mass is 234 g/mol. The molecular formula is C9H6N4O4. The molecule has 0 fully saturated rings. The SMILES string of the molecule is O=C(O)c1cc(-c2cn[nH]n2)cc([N+](=O)[O-])c1. The van der Waals surface area contributed by atoms with Crippen molar-refractivity contribution in [3.05, 3.63) is 40.1 Å². The lowest BCUT2D eigenvalue weighted by Crippen LogP contribution is -1.99. The summed E-state index contributed by atoms with van der Waals surface area (Å²) in [5.74, 6) is -1.24. The molecule has 0 aliphatic carbocycles. The Bertz CT molecular complexity index is 546. The van der Waals surface area contributed by atoms with Gasteiger partial charge in [-0.25, -0.2) is 4.79 Å². The summed E-state index contributed by atoms with van der Waals surface area (Å²) in [6.45, 7) is 0. The number of carboxylic acid groups (broad SMARTS) is 1. The van der Waals surface area contributed by atoms with Gasteiger partial charge in [0.15, 0.2) is 0 Å². The van der Waals surface area contributed by atoms with Crippen LogP contribution in [0.5, 0.6) is 0 Å². The molecule has 0 atom stereocenters. The van der Waals surface area contributed by atoms with E-state index >= 15 is 0 Å². The van der Waals surface area contributed by atoms with Crippen LogP contribution in [0.4, 0.5) is 5.69 Å². The van der Waals surface area contributed by atoms with Gasteiger partial charge in [-0.1, -0.05) is 0 Å². The predicted molar refractivity (Wildman–Crippen MR) is 55.4 cm³/mol. The lowest BCUT2D eigenvalue weighted by Gasteiger charge is -1.99. The third kappa shape index (κ3) is 2.09. The van der Waals surface area contributed by atoms with Crippen LogP contribution in [0.15, 0.2) is 24.4 Å². The second kappa shape index (κ2) is 4.00. The molecule has 0 saturated carbocycles. The van der Waals surface area contributed by atoms with Gasteiger partial charge in [0.2, 0.25) is 0 Å². The molecule has 0 spiro atoms. The molecule has 8 nitrogen and oxygen atoms in total. The summed E-state index contributed by atoms with van der Waals surface area (Å²) in [6, 6.07) is 3.53. The first-order chi connectivity index (χ1) is 8.08. The summed E-state index contributed by atoms with van der Waals surface area (Å²) in [4.78, 5) is 20.8. The summed E-state index contributed by atoms with van der Waals surface area (Å²) < 4.78 is 0. The fourth-order valence-corrected chi connectivity index (χ4v) is 1.33. The summed E-state index contributed by atoms with van der Waals surface area (Å²) in [5.41, 5.74) is 0.196. The second-order valence-corrected chi connectivity index (χ2v) is 3.19. The highest BCUT2D eigenvalue weighted by molar-refractivity contribution is 5.90. The highest BCUT2D eigenvalue weighted by Crippen LogP contribution is 2.24. The zero-order valence-corrected chi connectivity index (χ0v) is 8.32. The van der Waals surface area contributed by atoms with Crippen molar-refractivity contribution in [1.82, 2.24) is 15.4 Å². The Hall–Kier alpha value is -2.77. The Balaban J connectivity index is 2.60. The Kier molecular flexibility index (Phi) is 2.53. The largest absolute Gasteiger partial charge is 0.478 e. The second-order valence-electron chi connectivity index (χ2n) is 3.19. The van der Waals surface area contributed by atoms with Gasteiger partial charge < -0.3 is 5.11 Å². The number of aromatic nitrogens is 3. The first-order valence-corrected chi connectivity index (χ1v) is 4.47. The summed E-state index contributed by atoms with van der Waals surface area (Å²) in [5, 5.41) is 29.2. The van der Waals surface area contributed by atoms with Crippen LogP contribution < -0.4 is 0 Å². The molecule has 1 heterocycles. The van der Waals surface area contributed by atoms with E-state index < -0.39 is 10.9 Å². The summed E-state index contributed by atoms with van der Waals surface area (Å²) >= 11 is 0. The van der Waals surface area contributed by atoms with E-state index in [1.807, 2.05) is 0 Å². The minimum absolute atomic E-state index is 0.169. The highest BCUT2D eigenvalue weighted by Gasteiger charge is 2.15. The minimum Gasteiger partial charge on any atom is -0.478 e. The number of hydrogen-bond acceptors (Lipinski definition) is 5. The van der Waals surface area contributed by atoms with Gasteiger partial charge in [0.25, 0.3) is 5.69 Å². The van der Waals surface area contributed by atoms with E-state index in [2.05, 4.69) is 15.4 Å². The Morgan fingerprint density at radius 3 is 2.71 bits per heavy atom. The van der Waals surface area contributed by atoms with E-state index in [-0.39, 0.29) is 11.3 Å². The van der Waals surface area contributed by atoms with Crippen molar-refractivity contribution in [3.8, 4) is 11.3 Å². The van der Waals surface area contributed by atoms with Crippen molar-refractivity contribution in [3.63, 3.8) is 0 Å². The van der Waals surface area contributed by atoms with Crippen LogP contribution in [0, 0.1) is 10.1 Å². The van der Waals surface area contributed by atoms with Gasteiger partial charge >= 0.3 is 5.97 Å². The molecule has 2 N–H and O–H groups in total. The van der Waals surface area contributed by atoms with E-state index in [1.54, 1.807) is 0 Å². The molecule has 0 aliphatic heterocycles. The molecule has 0 radical (unpaired) electrons. The zero-order valence-electron chi connectivity index (χ0n) is 8.32. The molecule has 0 unspecified atom stereocenters. The van der Waals surface area contributed by atoms with Gasteiger partial charge in [-0.2, -0.15) is 15.4 Å². The maximum Gasteiger partial charge on any atom is 0.335 e. The minimum atomic E-state index is -1.24. The van der Waals surface area contributed by atoms with Gasteiger partial charge in [-0.15, -0.1) is 0 Å². The van der Waals surface area contributed by atoms with Crippen molar-refractivity contribution in [2.24, 2.45) is 0 Å². The molecule has 0 aliphatic rings. The number of aromatic carboxylic acids is 1. The van der Waals surface area contributed by atoms with E-state index in [4.69, 9.17) is 5.11 Å². The summed E-state index contributed by atoms with van der Waals surface area (Å²) in [7, 11) is 0. The molecule has 0 amide bonds. The number of non-ortho nitro benzene ring substituents is 1. The number of hydrogen-bond donors (Lipinski definition) is 2. The van der Waals surface area contributed by atoms with Crippen molar-refractivity contribution in [2.75, 3.05) is 0 Å². The number of benzene rings is 1. The van der Waals surface area contributed by atoms with Gasteiger partial charge in [0.05, 0.1) is 16.7 Å². The lowest BCUT2D eigenvalue weighted by atomic mass is 10.1. The average molecular weight is 234 g/mol. The van der Waals surface area contributed by atoms with E-state index in [0.29, 0.717) is 11.3 Å². The Morgan fingerprint density at radius 1 is 1.41 bits per heavy atom. The number of nitrogens with one attached hydrogen (secondary N) is 1. The topological polar surface area (TPSA) is 122 Å². The van der Waals surface area contributed by atoms with Crippen molar-refractivity contribution in [1.29, 1.82) is 0 Å². The van der Waals surface area contributed by atoms with Crippen LogP contribution in [-0.4, -0.2) is 31.4 Å². The number of aromatic amines is 1. The van der Waals surface area contributed by atoms with Crippen LogP contribution in [0.3, 0.4) is 0 Å². The summed E-state index contributed by atoms with van der Waals surface area (Å²) in [6.07, 6.45) is 1.35. The number of nitro groups is 1. The molecule has 17 heavy (non-hydrogen) atoms. The molecular weight excluding hydrogens is 228 g/mol. The first-order valence-electron chi connectivity index (χ1n) is 4.47. The smallest absolute Gasteiger partial charge is 0.335 e. The number of carboxylic acids is 1. The molecule has 86 valence electrons. The molecule has 0 bridgehead atoms. The number of carbonyl (C=O) groups is 1. The van der Waals surface area contributed by atoms with Crippen LogP contribution >= 0.6 is 0 Å². The van der Waals surface area contributed by atoms with Crippen LogP contribution in [0.1, 0.15) is 10.4 Å². The van der Waals surface area contributed by atoms with E-state index in [1.165, 1.54) is 18.3 Å². The highest BCUT2D eigenvalue weighted by atomic mass is 16.6. The Labute approximate surface area is 94.0 Å². The third-order valence-corrected chi connectivity index (χ3v) is 2.09. The quantitative estimate of drug-likeness (QED) is 0.605. The maximum atomic E-state index is 10.8. The van der Waals surface area contributed by atoms with Crippen LogP contribution in [0.25, 0.3) is 11.3 Å². The van der Waals surface area contributed by atoms with E-state index in [9.17, 15) is 14.9 Å². The van der Waals surface area contributed by atoms with E-state index in [0.717, 1.165) is 6.07 Å². The number of rotatable bonds is 3. The van der Waals surface area contributed by atoms with Crippen molar-refractivity contribution in [2.45, 2.75) is 0 Å². The molecule has 1 aromatic carbocycles. The van der Waals surface area contributed by atoms with Crippen molar-refractivity contribution < 1.29 is 14.8 Å². The first kappa shape index (κ1) is 10.7. The van der Waals surface area contributed by atoms with Gasteiger partial charge in [-0.3, -0.25) is 10.1 Å².